The van der Waals surface area contributed by atoms with E-state index in [1.165, 1.54) is 27.1 Å². The molecule has 0 saturated carbocycles. The summed E-state index contributed by atoms with van der Waals surface area (Å²) in [6, 6.07) is 2.71. The molecule has 1 aromatic heterocycles. The van der Waals surface area contributed by atoms with E-state index in [1.54, 1.807) is 0 Å². The minimum atomic E-state index is 0.500. The summed E-state index contributed by atoms with van der Waals surface area (Å²) in [5, 5.41) is 3.41. The third-order valence-electron chi connectivity index (χ3n) is 2.53. The van der Waals surface area contributed by atoms with Gasteiger partial charge in [-0.2, -0.15) is 0 Å². The van der Waals surface area contributed by atoms with Crippen molar-refractivity contribution < 1.29 is 0 Å². The van der Waals surface area contributed by atoms with Crippen LogP contribution in [0.15, 0.2) is 10.5 Å². The second-order valence-electron chi connectivity index (χ2n) is 4.38. The van der Waals surface area contributed by atoms with Crippen LogP contribution in [-0.2, 0) is 0 Å². The first-order chi connectivity index (χ1) is 7.04. The summed E-state index contributed by atoms with van der Waals surface area (Å²) in [5.74, 6) is 0.778. The van der Waals surface area contributed by atoms with Crippen molar-refractivity contribution in [3.05, 3.63) is 20.3 Å². The molecular weight excluding hydrogens is 270 g/mol. The van der Waals surface area contributed by atoms with Gasteiger partial charge in [-0.05, 0) is 54.7 Å². The number of halogens is 1. The largest absolute Gasteiger partial charge is 0.312 e. The Hall–Kier alpha value is 0.140. The first-order valence-electron chi connectivity index (χ1n) is 5.47. The summed E-state index contributed by atoms with van der Waals surface area (Å²) in [4.78, 5) is 2.82. The summed E-state index contributed by atoms with van der Waals surface area (Å²) < 4.78 is 1.26. The SMILES string of the molecule is CNC(CCC(C)C)c1sc(C)cc1Br. The quantitative estimate of drug-likeness (QED) is 0.841. The molecule has 1 atom stereocenters. The van der Waals surface area contributed by atoms with Gasteiger partial charge in [0.2, 0.25) is 0 Å². The molecule has 0 spiro atoms. The van der Waals surface area contributed by atoms with Crippen molar-refractivity contribution >= 4 is 27.3 Å². The van der Waals surface area contributed by atoms with Crippen LogP contribution in [0.1, 0.15) is 42.5 Å². The van der Waals surface area contributed by atoms with Gasteiger partial charge in [-0.25, -0.2) is 0 Å². The molecule has 0 fully saturated rings. The zero-order valence-corrected chi connectivity index (χ0v) is 12.3. The summed E-state index contributed by atoms with van der Waals surface area (Å²) in [7, 11) is 2.05. The molecule has 0 bridgehead atoms. The molecule has 0 aliphatic heterocycles. The van der Waals surface area contributed by atoms with E-state index in [-0.39, 0.29) is 0 Å². The maximum atomic E-state index is 3.64. The molecule has 1 aromatic rings. The van der Waals surface area contributed by atoms with Gasteiger partial charge in [-0.15, -0.1) is 11.3 Å². The minimum Gasteiger partial charge on any atom is -0.312 e. The monoisotopic (exact) mass is 289 g/mol. The van der Waals surface area contributed by atoms with Gasteiger partial charge in [0.05, 0.1) is 0 Å². The first-order valence-corrected chi connectivity index (χ1v) is 7.08. The third-order valence-corrected chi connectivity index (χ3v) is 4.62. The van der Waals surface area contributed by atoms with Gasteiger partial charge in [0.15, 0.2) is 0 Å². The Bertz CT molecular complexity index is 307. The molecule has 3 heteroatoms. The number of hydrogen-bond acceptors (Lipinski definition) is 2. The highest BCUT2D eigenvalue weighted by Gasteiger charge is 2.15. The highest BCUT2D eigenvalue weighted by molar-refractivity contribution is 9.10. The molecule has 0 amide bonds. The molecule has 1 N–H and O–H groups in total. The molecule has 1 nitrogen and oxygen atoms in total. The van der Waals surface area contributed by atoms with Crippen LogP contribution in [0.5, 0.6) is 0 Å². The highest BCUT2D eigenvalue weighted by atomic mass is 79.9. The second kappa shape index (κ2) is 6.02. The number of rotatable bonds is 5. The van der Waals surface area contributed by atoms with E-state index in [0.29, 0.717) is 6.04 Å². The molecule has 86 valence electrons. The Morgan fingerprint density at radius 1 is 1.40 bits per heavy atom. The summed E-state index contributed by atoms with van der Waals surface area (Å²) in [5.41, 5.74) is 0. The van der Waals surface area contributed by atoms with E-state index in [0.717, 1.165) is 5.92 Å². The van der Waals surface area contributed by atoms with Gasteiger partial charge in [0.1, 0.15) is 0 Å². The molecule has 15 heavy (non-hydrogen) atoms. The average molecular weight is 290 g/mol. The minimum absolute atomic E-state index is 0.500. The molecule has 0 radical (unpaired) electrons. The Labute approximate surface area is 105 Å². The fourth-order valence-corrected chi connectivity index (χ4v) is 3.72. The van der Waals surface area contributed by atoms with E-state index in [1.807, 2.05) is 18.4 Å². The lowest BCUT2D eigenvalue weighted by Gasteiger charge is -2.16. The predicted octanol–water partition coefficient (Wildman–Crippen LogP) is 4.52. The summed E-state index contributed by atoms with van der Waals surface area (Å²) in [6.07, 6.45) is 2.49. The number of nitrogens with one attached hydrogen (secondary N) is 1. The normalized spacial score (nSPS) is 13.5. The van der Waals surface area contributed by atoms with Gasteiger partial charge in [0, 0.05) is 20.3 Å². The van der Waals surface area contributed by atoms with E-state index < -0.39 is 0 Å². The van der Waals surface area contributed by atoms with Gasteiger partial charge in [-0.3, -0.25) is 0 Å². The molecule has 0 aromatic carbocycles. The standard InChI is InChI=1S/C12H20BrNS/c1-8(2)5-6-11(14-4)12-10(13)7-9(3)15-12/h7-8,11,14H,5-6H2,1-4H3. The van der Waals surface area contributed by atoms with Crippen LogP contribution in [0, 0.1) is 12.8 Å². The average Bonchev–Trinajstić information content (AvgIpc) is 2.46. The topological polar surface area (TPSA) is 12.0 Å². The Balaban J connectivity index is 2.69. The molecule has 1 heterocycles. The van der Waals surface area contributed by atoms with Crippen molar-refractivity contribution in [2.75, 3.05) is 7.05 Å². The van der Waals surface area contributed by atoms with Crippen molar-refractivity contribution in [2.24, 2.45) is 5.92 Å². The Kier molecular flexibility index (Phi) is 5.30. The fourth-order valence-electron chi connectivity index (χ4n) is 1.65. The Morgan fingerprint density at radius 2 is 2.07 bits per heavy atom. The summed E-state index contributed by atoms with van der Waals surface area (Å²) in [6.45, 7) is 6.72. The maximum Gasteiger partial charge on any atom is 0.0423 e. The Morgan fingerprint density at radius 3 is 2.47 bits per heavy atom. The lowest BCUT2D eigenvalue weighted by atomic mass is 10.0. The van der Waals surface area contributed by atoms with Crippen LogP contribution < -0.4 is 5.32 Å². The second-order valence-corrected chi connectivity index (χ2v) is 6.52. The number of aryl methyl sites for hydroxylation is 1. The van der Waals surface area contributed by atoms with Gasteiger partial charge in [0.25, 0.3) is 0 Å². The van der Waals surface area contributed by atoms with Gasteiger partial charge >= 0.3 is 0 Å². The lowest BCUT2D eigenvalue weighted by molar-refractivity contribution is 0.468. The van der Waals surface area contributed by atoms with Crippen LogP contribution in [0.3, 0.4) is 0 Å². The summed E-state index contributed by atoms with van der Waals surface area (Å²) >= 11 is 5.53. The van der Waals surface area contributed by atoms with E-state index in [2.05, 4.69) is 48.1 Å². The fraction of sp³-hybridized carbons (Fsp3) is 0.667. The van der Waals surface area contributed by atoms with E-state index in [9.17, 15) is 0 Å². The first kappa shape index (κ1) is 13.2. The highest BCUT2D eigenvalue weighted by Crippen LogP contribution is 2.34. The molecule has 0 saturated heterocycles. The molecule has 1 rings (SSSR count). The van der Waals surface area contributed by atoms with Crippen molar-refractivity contribution in [2.45, 2.75) is 39.7 Å². The van der Waals surface area contributed by atoms with Crippen LogP contribution in [0.2, 0.25) is 0 Å². The smallest absolute Gasteiger partial charge is 0.0423 e. The zero-order valence-electron chi connectivity index (χ0n) is 9.93. The van der Waals surface area contributed by atoms with Crippen LogP contribution in [0.4, 0.5) is 0 Å². The van der Waals surface area contributed by atoms with Crippen molar-refractivity contribution in [3.63, 3.8) is 0 Å². The number of hydrogen-bond donors (Lipinski definition) is 1. The van der Waals surface area contributed by atoms with Crippen molar-refractivity contribution in [1.82, 2.24) is 5.32 Å². The van der Waals surface area contributed by atoms with Crippen molar-refractivity contribution in [3.8, 4) is 0 Å². The lowest BCUT2D eigenvalue weighted by Crippen LogP contribution is -2.16. The zero-order chi connectivity index (χ0) is 11.4. The van der Waals surface area contributed by atoms with Crippen LogP contribution >= 0.6 is 27.3 Å². The predicted molar refractivity (Wildman–Crippen MR) is 72.6 cm³/mol. The maximum absolute atomic E-state index is 3.64. The molecular formula is C12H20BrNS. The van der Waals surface area contributed by atoms with Crippen LogP contribution in [0.25, 0.3) is 0 Å². The molecule has 0 aliphatic carbocycles. The van der Waals surface area contributed by atoms with E-state index in [4.69, 9.17) is 0 Å². The number of thiophene rings is 1. The van der Waals surface area contributed by atoms with Gasteiger partial charge in [-0.1, -0.05) is 13.8 Å². The van der Waals surface area contributed by atoms with E-state index >= 15 is 0 Å². The molecule has 1 unspecified atom stereocenters. The molecule has 0 aliphatic rings. The van der Waals surface area contributed by atoms with Crippen LogP contribution in [-0.4, -0.2) is 7.05 Å². The third kappa shape index (κ3) is 3.89. The van der Waals surface area contributed by atoms with Crippen molar-refractivity contribution in [1.29, 1.82) is 0 Å². The van der Waals surface area contributed by atoms with Gasteiger partial charge < -0.3 is 5.32 Å².